The van der Waals surface area contributed by atoms with E-state index in [0.717, 1.165) is 24.8 Å². The van der Waals surface area contributed by atoms with E-state index in [2.05, 4.69) is 20.1 Å². The Kier molecular flexibility index (Phi) is 9.20. The Morgan fingerprint density at radius 1 is 1.12 bits per heavy atom. The van der Waals surface area contributed by atoms with Crippen LogP contribution in [-0.2, 0) is 19.1 Å². The van der Waals surface area contributed by atoms with Gasteiger partial charge in [-0.2, -0.15) is 0 Å². The highest BCUT2D eigenvalue weighted by molar-refractivity contribution is 5.99. The van der Waals surface area contributed by atoms with Gasteiger partial charge in [-0.25, -0.2) is 0 Å². The molecule has 6 atom stereocenters. The van der Waals surface area contributed by atoms with E-state index < -0.39 is 35.1 Å². The zero-order chi connectivity index (χ0) is 29.1. The Morgan fingerprint density at radius 3 is 2.42 bits per heavy atom. The summed E-state index contributed by atoms with van der Waals surface area (Å²) in [6.45, 7) is 12.6. The van der Waals surface area contributed by atoms with Crippen molar-refractivity contribution in [3.63, 3.8) is 0 Å². The molecule has 2 bridgehead atoms. The molecule has 2 unspecified atom stereocenters. The quantitative estimate of drug-likeness (QED) is 0.281. The molecule has 0 saturated carbocycles. The molecule has 3 saturated heterocycles. The van der Waals surface area contributed by atoms with Crippen LogP contribution in [0.25, 0.3) is 0 Å². The predicted molar refractivity (Wildman–Crippen MR) is 154 cm³/mol. The third-order valence-electron chi connectivity index (χ3n) is 9.28. The summed E-state index contributed by atoms with van der Waals surface area (Å²) in [6, 6.07) is 7.60. The van der Waals surface area contributed by atoms with Crippen molar-refractivity contribution in [1.82, 2.24) is 14.7 Å². The number of rotatable bonds is 14. The Bertz CT molecular complexity index is 1110. The monoisotopic (exact) mass is 551 g/mol. The zero-order valence-corrected chi connectivity index (χ0v) is 24.3. The van der Waals surface area contributed by atoms with Crippen LogP contribution in [0.15, 0.2) is 55.6 Å². The molecule has 8 nitrogen and oxygen atoms in total. The van der Waals surface area contributed by atoms with E-state index in [0.29, 0.717) is 38.9 Å². The number of ether oxygens (including phenoxy) is 1. The summed E-state index contributed by atoms with van der Waals surface area (Å²) in [4.78, 5) is 48.0. The number of fused-ring (bicyclic) bond motifs is 1. The molecule has 3 amide bonds. The van der Waals surface area contributed by atoms with Crippen LogP contribution < -0.4 is 0 Å². The number of nitrogens with zero attached hydrogens (tertiary/aromatic N) is 3. The number of unbranched alkanes of at least 4 members (excludes halogenated alkanes) is 2. The van der Waals surface area contributed by atoms with Gasteiger partial charge in [0.15, 0.2) is 0 Å². The predicted octanol–water partition coefficient (Wildman–Crippen LogP) is 3.72. The number of carbonyl (C=O) groups is 3. The zero-order valence-electron chi connectivity index (χ0n) is 24.3. The van der Waals surface area contributed by atoms with Crippen molar-refractivity contribution in [3.05, 3.63) is 61.2 Å². The molecular weight excluding hydrogens is 506 g/mol. The fraction of sp³-hybridized carbons (Fsp3) is 0.594. The number of likely N-dealkylation sites (tertiary alicyclic amines) is 1. The van der Waals surface area contributed by atoms with E-state index in [-0.39, 0.29) is 24.3 Å². The second-order valence-electron chi connectivity index (χ2n) is 11.5. The Balaban J connectivity index is 1.85. The van der Waals surface area contributed by atoms with Crippen LogP contribution in [0.2, 0.25) is 0 Å². The third-order valence-corrected chi connectivity index (χ3v) is 9.28. The number of hydrogen-bond acceptors (Lipinski definition) is 5. The Morgan fingerprint density at radius 2 is 1.82 bits per heavy atom. The molecule has 0 radical (unpaired) electrons. The van der Waals surface area contributed by atoms with Gasteiger partial charge in [-0.1, -0.05) is 69.2 Å². The highest BCUT2D eigenvalue weighted by Crippen LogP contribution is 2.65. The molecule has 3 aliphatic rings. The normalized spacial score (nSPS) is 29.2. The van der Waals surface area contributed by atoms with Crippen molar-refractivity contribution in [2.24, 2.45) is 11.8 Å². The second kappa shape index (κ2) is 12.3. The van der Waals surface area contributed by atoms with Crippen LogP contribution in [0.4, 0.5) is 0 Å². The lowest BCUT2D eigenvalue weighted by Gasteiger charge is -2.39. The fourth-order valence-electron chi connectivity index (χ4n) is 7.37. The van der Waals surface area contributed by atoms with Gasteiger partial charge >= 0.3 is 0 Å². The SMILES string of the molecule is C=CCN(C)C(=O)[C@H]1[C@H]2C(=O)N([C@H](CO)c3ccccc3)C(C(=O)N(CC=C)CCCCC)C23CC[C@]1(CC)O3. The Labute approximate surface area is 238 Å². The summed E-state index contributed by atoms with van der Waals surface area (Å²) < 4.78 is 6.91. The molecule has 1 aromatic rings. The lowest BCUT2D eigenvalue weighted by atomic mass is 9.64. The van der Waals surface area contributed by atoms with Crippen molar-refractivity contribution in [1.29, 1.82) is 0 Å². The van der Waals surface area contributed by atoms with E-state index in [1.807, 2.05) is 37.3 Å². The lowest BCUT2D eigenvalue weighted by Crippen LogP contribution is -2.57. The molecule has 0 aliphatic carbocycles. The first-order valence-corrected chi connectivity index (χ1v) is 14.7. The van der Waals surface area contributed by atoms with Gasteiger partial charge < -0.3 is 24.5 Å². The number of aliphatic hydroxyl groups excluding tert-OH is 1. The topological polar surface area (TPSA) is 90.4 Å². The molecule has 8 heteroatoms. The Hall–Kier alpha value is -2.97. The minimum Gasteiger partial charge on any atom is -0.394 e. The lowest BCUT2D eigenvalue weighted by molar-refractivity contribution is -0.157. The molecule has 3 aliphatic heterocycles. The summed E-state index contributed by atoms with van der Waals surface area (Å²) in [5.41, 5.74) is -1.23. The van der Waals surface area contributed by atoms with Crippen LogP contribution in [-0.4, -0.2) is 88.1 Å². The van der Waals surface area contributed by atoms with Gasteiger partial charge in [-0.05, 0) is 31.2 Å². The van der Waals surface area contributed by atoms with Gasteiger partial charge in [0.25, 0.3) is 0 Å². The average molecular weight is 552 g/mol. The average Bonchev–Trinajstić information content (AvgIpc) is 3.57. The summed E-state index contributed by atoms with van der Waals surface area (Å²) in [6.07, 6.45) is 7.86. The minimum atomic E-state index is -1.15. The van der Waals surface area contributed by atoms with Crippen LogP contribution >= 0.6 is 0 Å². The molecule has 3 heterocycles. The number of amides is 3. The van der Waals surface area contributed by atoms with Crippen molar-refractivity contribution >= 4 is 17.7 Å². The second-order valence-corrected chi connectivity index (χ2v) is 11.5. The standard InChI is InChI=1S/C32H45N3O5/c1-6-10-14-21-34(20-8-3)30(39)27-32-18-17-31(9-4,40-32)25(28(37)33(5)19-7-2)26(32)29(38)35(27)24(22-36)23-15-12-11-13-16-23/h7-8,11-13,15-16,24-27,36H,2-3,6,9-10,14,17-22H2,1,4-5H3/t24-,25-,26+,27?,31+,32?/m1/s1. The summed E-state index contributed by atoms with van der Waals surface area (Å²) >= 11 is 0. The van der Waals surface area contributed by atoms with E-state index >= 15 is 0 Å². The van der Waals surface area contributed by atoms with E-state index in [9.17, 15) is 19.5 Å². The third kappa shape index (κ3) is 4.79. The van der Waals surface area contributed by atoms with E-state index in [1.165, 1.54) is 0 Å². The summed E-state index contributed by atoms with van der Waals surface area (Å²) in [5.74, 6) is -2.20. The molecule has 4 rings (SSSR count). The number of benzene rings is 1. The van der Waals surface area contributed by atoms with E-state index in [1.54, 1.807) is 33.9 Å². The highest BCUT2D eigenvalue weighted by atomic mass is 16.5. The minimum absolute atomic E-state index is 0.166. The summed E-state index contributed by atoms with van der Waals surface area (Å²) in [5, 5.41) is 10.7. The molecular formula is C32H45N3O5. The molecule has 218 valence electrons. The molecule has 1 N–H and O–H groups in total. The van der Waals surface area contributed by atoms with Crippen LogP contribution in [0.5, 0.6) is 0 Å². The first kappa shape index (κ1) is 30.0. The van der Waals surface area contributed by atoms with Crippen molar-refractivity contribution in [3.8, 4) is 0 Å². The molecule has 1 spiro atoms. The van der Waals surface area contributed by atoms with E-state index in [4.69, 9.17) is 4.74 Å². The molecule has 0 aromatic heterocycles. The number of hydrogen-bond donors (Lipinski definition) is 1. The van der Waals surface area contributed by atoms with Gasteiger partial charge in [0, 0.05) is 26.7 Å². The van der Waals surface area contributed by atoms with Crippen molar-refractivity contribution in [2.75, 3.05) is 33.3 Å². The van der Waals surface area contributed by atoms with Crippen LogP contribution in [0.1, 0.15) is 64.0 Å². The maximum Gasteiger partial charge on any atom is 0.248 e. The van der Waals surface area contributed by atoms with Gasteiger partial charge in [-0.15, -0.1) is 13.2 Å². The highest BCUT2D eigenvalue weighted by Gasteiger charge is 2.79. The van der Waals surface area contributed by atoms with Crippen LogP contribution in [0, 0.1) is 11.8 Å². The number of carbonyl (C=O) groups excluding carboxylic acids is 3. The van der Waals surface area contributed by atoms with Gasteiger partial charge in [0.05, 0.1) is 30.1 Å². The molecule has 40 heavy (non-hydrogen) atoms. The van der Waals surface area contributed by atoms with Crippen molar-refractivity contribution < 1.29 is 24.2 Å². The maximum absolute atomic E-state index is 14.6. The van der Waals surface area contributed by atoms with Crippen LogP contribution in [0.3, 0.4) is 0 Å². The van der Waals surface area contributed by atoms with Gasteiger partial charge in [0.1, 0.15) is 11.6 Å². The van der Waals surface area contributed by atoms with Gasteiger partial charge in [0.2, 0.25) is 17.7 Å². The molecule has 1 aromatic carbocycles. The fourth-order valence-corrected chi connectivity index (χ4v) is 7.37. The smallest absolute Gasteiger partial charge is 0.248 e. The van der Waals surface area contributed by atoms with Crippen molar-refractivity contribution in [2.45, 2.75) is 75.7 Å². The first-order valence-electron chi connectivity index (χ1n) is 14.7. The first-order chi connectivity index (χ1) is 19.3. The molecule has 3 fully saturated rings. The van der Waals surface area contributed by atoms with Gasteiger partial charge in [-0.3, -0.25) is 14.4 Å². The largest absolute Gasteiger partial charge is 0.394 e. The maximum atomic E-state index is 14.6. The summed E-state index contributed by atoms with van der Waals surface area (Å²) in [7, 11) is 1.71. The number of aliphatic hydroxyl groups is 1. The number of likely N-dealkylation sites (N-methyl/N-ethyl adjacent to an activating group) is 1.